The molecule has 0 rings (SSSR count). The van der Waals surface area contributed by atoms with E-state index in [1.165, 1.54) is 89.9 Å². The summed E-state index contributed by atoms with van der Waals surface area (Å²) >= 11 is 0. The van der Waals surface area contributed by atoms with Gasteiger partial charge >= 0.3 is 11.9 Å². The molecule has 0 heterocycles. The summed E-state index contributed by atoms with van der Waals surface area (Å²) in [5, 5.41) is 0. The summed E-state index contributed by atoms with van der Waals surface area (Å²) in [5.41, 5.74) is 0.384. The predicted octanol–water partition coefficient (Wildman–Crippen LogP) is 8.98. The van der Waals surface area contributed by atoms with Gasteiger partial charge in [-0.25, -0.2) is 9.59 Å². The van der Waals surface area contributed by atoms with Crippen LogP contribution in [-0.2, 0) is 19.1 Å². The lowest BCUT2D eigenvalue weighted by Crippen LogP contribution is -2.12. The van der Waals surface area contributed by atoms with E-state index in [4.69, 9.17) is 9.47 Å². The predicted molar refractivity (Wildman–Crippen MR) is 139 cm³/mol. The zero-order valence-electron chi connectivity index (χ0n) is 22.1. The molecule has 0 spiro atoms. The molecule has 0 aliphatic heterocycles. The van der Waals surface area contributed by atoms with Gasteiger partial charge in [0.05, 0.1) is 12.2 Å². The summed E-state index contributed by atoms with van der Waals surface area (Å²) < 4.78 is 10.6. The van der Waals surface area contributed by atoms with Crippen molar-refractivity contribution in [1.29, 1.82) is 0 Å². The minimum absolute atomic E-state index is 0.384. The fraction of sp³-hybridized carbons (Fsp3) is 0.793. The zero-order chi connectivity index (χ0) is 24.6. The average Bonchev–Trinajstić information content (AvgIpc) is 2.82. The van der Waals surface area contributed by atoms with E-state index in [0.29, 0.717) is 24.4 Å². The molecule has 0 amide bonds. The largest absolute Gasteiger partial charge is 0.462 e. The van der Waals surface area contributed by atoms with Crippen molar-refractivity contribution in [2.24, 2.45) is 0 Å². The van der Waals surface area contributed by atoms with Crippen molar-refractivity contribution in [2.75, 3.05) is 6.61 Å². The zero-order valence-corrected chi connectivity index (χ0v) is 22.1. The van der Waals surface area contributed by atoms with Gasteiger partial charge in [-0.2, -0.15) is 0 Å². The van der Waals surface area contributed by atoms with Crippen LogP contribution < -0.4 is 0 Å². The van der Waals surface area contributed by atoms with Crippen molar-refractivity contribution in [3.8, 4) is 0 Å². The first kappa shape index (κ1) is 31.4. The van der Waals surface area contributed by atoms with Crippen LogP contribution in [0.3, 0.4) is 0 Å². The molecule has 0 bridgehead atoms. The SMILES string of the molecule is C=CC(=O)O/C(CCCC)=C(/C)C(=O)OCCCCCCCCCCCCCCCCCC. The van der Waals surface area contributed by atoms with Crippen molar-refractivity contribution in [3.05, 3.63) is 24.0 Å². The molecule has 0 atom stereocenters. The number of allylic oxidation sites excluding steroid dienone is 1. The molecular formula is C29H52O4. The molecule has 0 aliphatic carbocycles. The third-order valence-electron chi connectivity index (χ3n) is 6.10. The second kappa shape index (κ2) is 23.6. The summed E-state index contributed by atoms with van der Waals surface area (Å²) in [6, 6.07) is 0. The van der Waals surface area contributed by atoms with Crippen LogP contribution in [0.25, 0.3) is 0 Å². The van der Waals surface area contributed by atoms with E-state index in [0.717, 1.165) is 31.8 Å². The Morgan fingerprint density at radius 1 is 0.667 bits per heavy atom. The van der Waals surface area contributed by atoms with Crippen LogP contribution in [0.15, 0.2) is 24.0 Å². The van der Waals surface area contributed by atoms with E-state index in [9.17, 15) is 9.59 Å². The van der Waals surface area contributed by atoms with Gasteiger partial charge in [0.25, 0.3) is 0 Å². The van der Waals surface area contributed by atoms with E-state index < -0.39 is 5.97 Å². The quantitative estimate of drug-likeness (QED) is 0.0655. The second-order valence-electron chi connectivity index (χ2n) is 9.22. The molecule has 0 fully saturated rings. The van der Waals surface area contributed by atoms with Gasteiger partial charge < -0.3 is 9.47 Å². The highest BCUT2D eigenvalue weighted by Crippen LogP contribution is 2.17. The normalized spacial score (nSPS) is 11.7. The van der Waals surface area contributed by atoms with Gasteiger partial charge in [-0.15, -0.1) is 0 Å². The molecule has 0 aromatic carbocycles. The van der Waals surface area contributed by atoms with E-state index >= 15 is 0 Å². The molecule has 0 saturated carbocycles. The fourth-order valence-corrected chi connectivity index (χ4v) is 3.85. The fourth-order valence-electron chi connectivity index (χ4n) is 3.85. The number of unbranched alkanes of at least 4 members (excludes halogenated alkanes) is 16. The van der Waals surface area contributed by atoms with Crippen molar-refractivity contribution >= 4 is 11.9 Å². The summed E-state index contributed by atoms with van der Waals surface area (Å²) in [6.07, 6.45) is 24.6. The number of ether oxygens (including phenoxy) is 2. The lowest BCUT2D eigenvalue weighted by molar-refractivity contribution is -0.139. The maximum absolute atomic E-state index is 12.3. The third kappa shape index (κ3) is 19.6. The van der Waals surface area contributed by atoms with Crippen LogP contribution in [0.1, 0.15) is 143 Å². The van der Waals surface area contributed by atoms with Gasteiger partial charge in [-0.1, -0.05) is 123 Å². The first-order valence-electron chi connectivity index (χ1n) is 13.8. The van der Waals surface area contributed by atoms with Crippen molar-refractivity contribution < 1.29 is 19.1 Å². The minimum Gasteiger partial charge on any atom is -0.462 e. The molecule has 0 aliphatic rings. The Morgan fingerprint density at radius 3 is 1.52 bits per heavy atom. The van der Waals surface area contributed by atoms with E-state index in [1.54, 1.807) is 6.92 Å². The highest BCUT2D eigenvalue weighted by Gasteiger charge is 2.15. The van der Waals surface area contributed by atoms with Crippen LogP contribution in [-0.4, -0.2) is 18.5 Å². The number of esters is 2. The molecule has 0 unspecified atom stereocenters. The number of hydrogen-bond acceptors (Lipinski definition) is 4. The van der Waals surface area contributed by atoms with Crippen LogP contribution in [0, 0.1) is 0 Å². The first-order chi connectivity index (χ1) is 16.1. The Kier molecular flexibility index (Phi) is 22.4. The number of carbonyl (C=O) groups is 2. The molecular weight excluding hydrogens is 412 g/mol. The smallest absolute Gasteiger partial charge is 0.337 e. The molecule has 0 aromatic heterocycles. The van der Waals surface area contributed by atoms with Gasteiger partial charge in [0.1, 0.15) is 5.76 Å². The molecule has 0 aromatic rings. The monoisotopic (exact) mass is 464 g/mol. The Hall–Kier alpha value is -1.58. The molecule has 0 N–H and O–H groups in total. The van der Waals surface area contributed by atoms with Gasteiger partial charge in [-0.3, -0.25) is 0 Å². The van der Waals surface area contributed by atoms with Crippen LogP contribution in [0.4, 0.5) is 0 Å². The van der Waals surface area contributed by atoms with Crippen molar-refractivity contribution in [3.63, 3.8) is 0 Å². The number of rotatable bonds is 23. The standard InChI is InChI=1S/C29H52O4/c1-5-8-10-11-12-13-14-15-16-17-18-19-20-21-22-23-25-32-29(31)26(4)27(24-9-6-2)33-28(30)7-3/h7H,3,5-6,8-25H2,1-2,4H3/b27-26-. The first-order valence-corrected chi connectivity index (χ1v) is 13.8. The van der Waals surface area contributed by atoms with E-state index in [1.807, 2.05) is 0 Å². The van der Waals surface area contributed by atoms with Crippen LogP contribution >= 0.6 is 0 Å². The van der Waals surface area contributed by atoms with Crippen molar-refractivity contribution in [2.45, 2.75) is 143 Å². The Labute approximate surface area is 204 Å². The number of hydrogen-bond donors (Lipinski definition) is 0. The van der Waals surface area contributed by atoms with Gasteiger partial charge in [-0.05, 0) is 19.8 Å². The topological polar surface area (TPSA) is 52.6 Å². The number of carbonyl (C=O) groups excluding carboxylic acids is 2. The highest BCUT2D eigenvalue weighted by atomic mass is 16.5. The summed E-state index contributed by atoms with van der Waals surface area (Å²) in [6.45, 7) is 9.82. The maximum atomic E-state index is 12.3. The van der Waals surface area contributed by atoms with Gasteiger partial charge in [0.15, 0.2) is 0 Å². The van der Waals surface area contributed by atoms with Gasteiger partial charge in [0, 0.05) is 12.5 Å². The van der Waals surface area contributed by atoms with E-state index in [-0.39, 0.29) is 5.97 Å². The van der Waals surface area contributed by atoms with Crippen LogP contribution in [0.2, 0.25) is 0 Å². The molecule has 4 nitrogen and oxygen atoms in total. The molecule has 192 valence electrons. The average molecular weight is 465 g/mol. The highest BCUT2D eigenvalue weighted by molar-refractivity contribution is 5.89. The Bertz CT molecular complexity index is 536. The van der Waals surface area contributed by atoms with Crippen molar-refractivity contribution in [1.82, 2.24) is 0 Å². The minimum atomic E-state index is -0.536. The van der Waals surface area contributed by atoms with Gasteiger partial charge in [0.2, 0.25) is 0 Å². The second-order valence-corrected chi connectivity index (χ2v) is 9.22. The molecule has 33 heavy (non-hydrogen) atoms. The molecule has 0 saturated heterocycles. The Balaban J connectivity index is 3.70. The lowest BCUT2D eigenvalue weighted by atomic mass is 10.0. The summed E-state index contributed by atoms with van der Waals surface area (Å²) in [4.78, 5) is 23.8. The van der Waals surface area contributed by atoms with Crippen LogP contribution in [0.5, 0.6) is 0 Å². The van der Waals surface area contributed by atoms with E-state index in [2.05, 4.69) is 20.4 Å². The molecule has 4 heteroatoms. The molecule has 0 radical (unpaired) electrons. The summed E-state index contributed by atoms with van der Waals surface area (Å²) in [7, 11) is 0. The lowest BCUT2D eigenvalue weighted by Gasteiger charge is -2.11. The third-order valence-corrected chi connectivity index (χ3v) is 6.10. The maximum Gasteiger partial charge on any atom is 0.337 e. The summed E-state index contributed by atoms with van der Waals surface area (Å²) in [5.74, 6) is -0.524. The Morgan fingerprint density at radius 2 is 1.09 bits per heavy atom.